The van der Waals surface area contributed by atoms with Crippen molar-refractivity contribution in [3.8, 4) is 5.69 Å². The van der Waals surface area contributed by atoms with Crippen molar-refractivity contribution >= 4 is 23.8 Å². The number of aromatic nitrogens is 3. The van der Waals surface area contributed by atoms with Crippen LogP contribution in [0.5, 0.6) is 0 Å². The van der Waals surface area contributed by atoms with Crippen LogP contribution < -0.4 is 0 Å². The molecule has 0 aliphatic heterocycles. The second-order valence-corrected chi connectivity index (χ2v) is 3.68. The van der Waals surface area contributed by atoms with Crippen molar-refractivity contribution in [1.82, 2.24) is 14.8 Å². The predicted molar refractivity (Wildman–Crippen MR) is 59.7 cm³/mol. The van der Waals surface area contributed by atoms with Crippen LogP contribution in [0.2, 0.25) is 5.02 Å². The minimum Gasteiger partial charge on any atom is -0.388 e. The molecule has 0 saturated carbocycles. The number of para-hydroxylation sites is 1. The van der Waals surface area contributed by atoms with Gasteiger partial charge in [0.2, 0.25) is 0 Å². The summed E-state index contributed by atoms with van der Waals surface area (Å²) in [6.45, 7) is -0.196. The molecule has 0 atom stereocenters. The summed E-state index contributed by atoms with van der Waals surface area (Å²) in [5.41, 5.74) is 0.710. The van der Waals surface area contributed by atoms with Gasteiger partial charge in [-0.2, -0.15) is 5.10 Å². The van der Waals surface area contributed by atoms with Crippen molar-refractivity contribution in [2.45, 2.75) is 6.61 Å². The largest absolute Gasteiger partial charge is 0.388 e. The van der Waals surface area contributed by atoms with Gasteiger partial charge in [-0.15, -0.1) is 0 Å². The fraction of sp³-hybridized carbons (Fsp3) is 0.111. The Morgan fingerprint density at radius 1 is 1.47 bits per heavy atom. The van der Waals surface area contributed by atoms with Crippen LogP contribution in [0.4, 0.5) is 0 Å². The van der Waals surface area contributed by atoms with Gasteiger partial charge < -0.3 is 5.11 Å². The van der Waals surface area contributed by atoms with E-state index in [1.165, 1.54) is 0 Å². The highest BCUT2D eigenvalue weighted by atomic mass is 35.5. The second kappa shape index (κ2) is 4.14. The molecule has 0 spiro atoms. The van der Waals surface area contributed by atoms with E-state index in [1.807, 2.05) is 18.2 Å². The number of hydrogen-bond donors (Lipinski definition) is 2. The van der Waals surface area contributed by atoms with Gasteiger partial charge in [0, 0.05) is 0 Å². The molecular formula is C9H8ClN3OS. The van der Waals surface area contributed by atoms with Gasteiger partial charge in [-0.05, 0) is 24.4 Å². The number of nitrogens with zero attached hydrogens (tertiary/aromatic N) is 2. The Labute approximate surface area is 96.1 Å². The molecule has 0 amide bonds. The van der Waals surface area contributed by atoms with Gasteiger partial charge in [-0.3, -0.25) is 9.67 Å². The molecule has 1 aromatic carbocycles. The molecule has 0 bridgehead atoms. The lowest BCUT2D eigenvalue weighted by Gasteiger charge is -2.06. The van der Waals surface area contributed by atoms with Crippen molar-refractivity contribution in [3.63, 3.8) is 0 Å². The third-order valence-corrected chi connectivity index (χ3v) is 2.57. The number of nitrogens with one attached hydrogen (secondary N) is 1. The van der Waals surface area contributed by atoms with Gasteiger partial charge >= 0.3 is 0 Å². The van der Waals surface area contributed by atoms with E-state index in [0.29, 0.717) is 21.3 Å². The average molecular weight is 242 g/mol. The zero-order valence-corrected chi connectivity index (χ0v) is 9.22. The fourth-order valence-corrected chi connectivity index (χ4v) is 1.79. The first-order valence-electron chi connectivity index (χ1n) is 4.26. The predicted octanol–water partition coefficient (Wildman–Crippen LogP) is 2.08. The molecule has 2 aromatic rings. The van der Waals surface area contributed by atoms with Crippen LogP contribution in [0, 0.1) is 4.77 Å². The lowest BCUT2D eigenvalue weighted by molar-refractivity contribution is 0.269. The van der Waals surface area contributed by atoms with E-state index >= 15 is 0 Å². The molecule has 0 aliphatic rings. The summed E-state index contributed by atoms with van der Waals surface area (Å²) in [7, 11) is 0. The highest BCUT2D eigenvalue weighted by molar-refractivity contribution is 7.71. The maximum absolute atomic E-state index is 9.09. The number of aromatic amines is 1. The van der Waals surface area contributed by atoms with Crippen LogP contribution in [0.3, 0.4) is 0 Å². The monoisotopic (exact) mass is 241 g/mol. The van der Waals surface area contributed by atoms with E-state index in [9.17, 15) is 0 Å². The maximum atomic E-state index is 9.09. The number of hydrogen-bond acceptors (Lipinski definition) is 3. The molecule has 15 heavy (non-hydrogen) atoms. The third-order valence-electron chi connectivity index (χ3n) is 1.98. The van der Waals surface area contributed by atoms with Crippen molar-refractivity contribution in [1.29, 1.82) is 0 Å². The molecule has 1 heterocycles. The Morgan fingerprint density at radius 2 is 2.20 bits per heavy atom. The zero-order chi connectivity index (χ0) is 10.8. The fourth-order valence-electron chi connectivity index (χ4n) is 1.32. The highest BCUT2D eigenvalue weighted by Crippen LogP contribution is 2.20. The van der Waals surface area contributed by atoms with Crippen molar-refractivity contribution in [2.24, 2.45) is 0 Å². The molecule has 2 rings (SSSR count). The van der Waals surface area contributed by atoms with Gasteiger partial charge in [-0.25, -0.2) is 0 Å². The SMILES string of the molecule is OCc1n[nH]c(=S)n1-c1ccccc1Cl. The Bertz CT molecular complexity index is 534. The summed E-state index contributed by atoms with van der Waals surface area (Å²) in [4.78, 5) is 0. The molecule has 4 nitrogen and oxygen atoms in total. The normalized spacial score (nSPS) is 10.5. The molecule has 6 heteroatoms. The number of halogens is 1. The molecule has 0 aliphatic carbocycles. The molecule has 2 N–H and O–H groups in total. The highest BCUT2D eigenvalue weighted by Gasteiger charge is 2.09. The van der Waals surface area contributed by atoms with Crippen LogP contribution in [0.1, 0.15) is 5.82 Å². The van der Waals surface area contributed by atoms with Gasteiger partial charge in [0.25, 0.3) is 0 Å². The summed E-state index contributed by atoms with van der Waals surface area (Å²) in [5, 5.41) is 16.2. The van der Waals surface area contributed by atoms with Crippen LogP contribution in [0.25, 0.3) is 5.69 Å². The lowest BCUT2D eigenvalue weighted by atomic mass is 10.3. The quantitative estimate of drug-likeness (QED) is 0.792. The van der Waals surface area contributed by atoms with E-state index < -0.39 is 0 Å². The van der Waals surface area contributed by atoms with E-state index in [2.05, 4.69) is 10.2 Å². The Morgan fingerprint density at radius 3 is 2.87 bits per heavy atom. The summed E-state index contributed by atoms with van der Waals surface area (Å²) in [5.74, 6) is 0.438. The summed E-state index contributed by atoms with van der Waals surface area (Å²) < 4.78 is 2.02. The number of benzene rings is 1. The third kappa shape index (κ3) is 1.81. The maximum Gasteiger partial charge on any atom is 0.199 e. The number of H-pyrrole nitrogens is 1. The van der Waals surface area contributed by atoms with Crippen molar-refractivity contribution in [2.75, 3.05) is 0 Å². The van der Waals surface area contributed by atoms with Crippen molar-refractivity contribution in [3.05, 3.63) is 39.9 Å². The minimum atomic E-state index is -0.196. The first kappa shape index (κ1) is 10.4. The van der Waals surface area contributed by atoms with E-state index in [0.717, 1.165) is 0 Å². The molecule has 1 aromatic heterocycles. The molecular weight excluding hydrogens is 234 g/mol. The minimum absolute atomic E-state index is 0.196. The molecule has 0 unspecified atom stereocenters. The first-order valence-corrected chi connectivity index (χ1v) is 5.04. The average Bonchev–Trinajstić information content (AvgIpc) is 2.60. The zero-order valence-electron chi connectivity index (χ0n) is 7.64. The van der Waals surface area contributed by atoms with E-state index in [4.69, 9.17) is 28.9 Å². The summed E-state index contributed by atoms with van der Waals surface area (Å²) in [6.07, 6.45) is 0. The smallest absolute Gasteiger partial charge is 0.199 e. The van der Waals surface area contributed by atoms with Crippen molar-refractivity contribution < 1.29 is 5.11 Å². The van der Waals surface area contributed by atoms with E-state index in [1.54, 1.807) is 10.6 Å². The van der Waals surface area contributed by atoms with Gasteiger partial charge in [0.15, 0.2) is 10.6 Å². The second-order valence-electron chi connectivity index (χ2n) is 2.89. The van der Waals surface area contributed by atoms with Crippen LogP contribution >= 0.6 is 23.8 Å². The Kier molecular flexibility index (Phi) is 2.86. The molecule has 78 valence electrons. The molecule has 0 fully saturated rings. The van der Waals surface area contributed by atoms with Crippen LogP contribution in [0.15, 0.2) is 24.3 Å². The standard InChI is InChI=1S/C9H8ClN3OS/c10-6-3-1-2-4-7(6)13-8(5-14)11-12-9(13)15/h1-4,14H,5H2,(H,12,15). The van der Waals surface area contributed by atoms with E-state index in [-0.39, 0.29) is 6.61 Å². The van der Waals surface area contributed by atoms with Crippen LogP contribution in [-0.2, 0) is 6.61 Å². The topological polar surface area (TPSA) is 53.8 Å². The first-order chi connectivity index (χ1) is 7.24. The Hall–Kier alpha value is -1.17. The summed E-state index contributed by atoms with van der Waals surface area (Å²) >= 11 is 11.1. The lowest BCUT2D eigenvalue weighted by Crippen LogP contribution is -2.01. The van der Waals surface area contributed by atoms with Gasteiger partial charge in [0.05, 0.1) is 10.7 Å². The Balaban J connectivity index is 2.68. The van der Waals surface area contributed by atoms with Gasteiger partial charge in [-0.1, -0.05) is 23.7 Å². The van der Waals surface area contributed by atoms with Crippen LogP contribution in [-0.4, -0.2) is 19.9 Å². The summed E-state index contributed by atoms with van der Waals surface area (Å²) in [6, 6.07) is 7.24. The number of aliphatic hydroxyl groups is 1. The molecule has 0 saturated heterocycles. The van der Waals surface area contributed by atoms with Gasteiger partial charge in [0.1, 0.15) is 6.61 Å². The number of rotatable bonds is 2. The number of aliphatic hydroxyl groups excluding tert-OH is 1. The molecule has 0 radical (unpaired) electrons.